The van der Waals surface area contributed by atoms with Crippen LogP contribution in [0.1, 0.15) is 12.0 Å². The van der Waals surface area contributed by atoms with E-state index in [9.17, 15) is 8.42 Å². The molecule has 1 saturated heterocycles. The fourth-order valence-electron chi connectivity index (χ4n) is 1.94. The van der Waals surface area contributed by atoms with Gasteiger partial charge in [0, 0.05) is 19.6 Å². The van der Waals surface area contributed by atoms with Crippen molar-refractivity contribution in [2.45, 2.75) is 11.3 Å². The van der Waals surface area contributed by atoms with E-state index < -0.39 is 10.0 Å². The van der Waals surface area contributed by atoms with Gasteiger partial charge in [0.05, 0.1) is 16.5 Å². The topological polar surface area (TPSA) is 73.2 Å². The Hall–Kier alpha value is -1.13. The quantitative estimate of drug-likeness (QED) is 0.883. The average molecular weight is 302 g/mol. The predicted molar refractivity (Wildman–Crippen MR) is 74.7 cm³/mol. The zero-order valence-corrected chi connectivity index (χ0v) is 12.0. The van der Waals surface area contributed by atoms with E-state index in [1.807, 2.05) is 6.07 Å². The molecule has 1 aliphatic rings. The Morgan fingerprint density at radius 3 is 2.79 bits per heavy atom. The molecular formula is C12H16ClN3O2S. The highest BCUT2D eigenvalue weighted by Gasteiger charge is 2.25. The summed E-state index contributed by atoms with van der Waals surface area (Å²) in [7, 11) is -3.48. The van der Waals surface area contributed by atoms with Crippen LogP contribution >= 0.6 is 12.4 Å². The van der Waals surface area contributed by atoms with Gasteiger partial charge in [-0.1, -0.05) is 6.07 Å². The van der Waals surface area contributed by atoms with Crippen molar-refractivity contribution in [2.75, 3.05) is 26.2 Å². The van der Waals surface area contributed by atoms with Gasteiger partial charge in [-0.05, 0) is 31.2 Å². The molecule has 0 spiro atoms. The molecule has 0 amide bonds. The third-order valence-electron chi connectivity index (χ3n) is 2.90. The SMILES string of the molecule is Cl.N#Cc1cccc(S(=O)(=O)N2CCCNCC2)c1. The second-order valence-electron chi connectivity index (χ2n) is 4.15. The summed E-state index contributed by atoms with van der Waals surface area (Å²) < 4.78 is 26.3. The smallest absolute Gasteiger partial charge is 0.243 e. The molecular weight excluding hydrogens is 286 g/mol. The van der Waals surface area contributed by atoms with Crippen molar-refractivity contribution in [3.8, 4) is 6.07 Å². The average Bonchev–Trinajstić information content (AvgIpc) is 2.68. The highest BCUT2D eigenvalue weighted by Crippen LogP contribution is 2.17. The van der Waals surface area contributed by atoms with Crippen molar-refractivity contribution in [2.24, 2.45) is 0 Å². The van der Waals surface area contributed by atoms with Crippen LogP contribution < -0.4 is 5.32 Å². The first-order chi connectivity index (χ1) is 8.64. The van der Waals surface area contributed by atoms with Gasteiger partial charge in [-0.3, -0.25) is 0 Å². The number of nitrogens with one attached hydrogen (secondary N) is 1. The monoisotopic (exact) mass is 301 g/mol. The first-order valence-electron chi connectivity index (χ1n) is 5.85. The fraction of sp³-hybridized carbons (Fsp3) is 0.417. The molecule has 0 atom stereocenters. The van der Waals surface area contributed by atoms with Gasteiger partial charge in [0.2, 0.25) is 10.0 Å². The number of nitriles is 1. The summed E-state index contributed by atoms with van der Waals surface area (Å²) in [5.41, 5.74) is 0.365. The largest absolute Gasteiger partial charge is 0.315 e. The van der Waals surface area contributed by atoms with E-state index >= 15 is 0 Å². The number of nitrogens with zero attached hydrogens (tertiary/aromatic N) is 2. The van der Waals surface area contributed by atoms with Gasteiger partial charge in [-0.2, -0.15) is 9.57 Å². The molecule has 7 heteroatoms. The van der Waals surface area contributed by atoms with E-state index in [-0.39, 0.29) is 17.3 Å². The molecule has 0 aliphatic carbocycles. The fourth-order valence-corrected chi connectivity index (χ4v) is 3.46. The Kier molecular flexibility index (Phi) is 5.76. The van der Waals surface area contributed by atoms with Crippen molar-refractivity contribution >= 4 is 22.4 Å². The van der Waals surface area contributed by atoms with E-state index in [0.29, 0.717) is 25.2 Å². The molecule has 19 heavy (non-hydrogen) atoms. The second-order valence-corrected chi connectivity index (χ2v) is 6.09. The number of hydrogen-bond acceptors (Lipinski definition) is 4. The number of halogens is 1. The first-order valence-corrected chi connectivity index (χ1v) is 7.29. The van der Waals surface area contributed by atoms with Crippen LogP contribution in [0.2, 0.25) is 0 Å². The standard InChI is InChI=1S/C12H15N3O2S.ClH/c13-10-11-3-1-4-12(9-11)18(16,17)15-7-2-5-14-6-8-15;/h1,3-4,9,14H,2,5-8H2;1H. The number of benzene rings is 1. The minimum absolute atomic E-state index is 0. The van der Waals surface area contributed by atoms with Crippen LogP contribution in [0.25, 0.3) is 0 Å². The molecule has 104 valence electrons. The molecule has 1 aromatic rings. The van der Waals surface area contributed by atoms with Gasteiger partial charge in [0.25, 0.3) is 0 Å². The summed E-state index contributed by atoms with van der Waals surface area (Å²) in [5.74, 6) is 0. The number of sulfonamides is 1. The normalized spacial score (nSPS) is 17.0. The Morgan fingerprint density at radius 2 is 2.05 bits per heavy atom. The van der Waals surface area contributed by atoms with E-state index in [1.54, 1.807) is 12.1 Å². The highest BCUT2D eigenvalue weighted by atomic mass is 35.5. The summed E-state index contributed by atoms with van der Waals surface area (Å²) in [6.07, 6.45) is 0.803. The summed E-state index contributed by atoms with van der Waals surface area (Å²) >= 11 is 0. The van der Waals surface area contributed by atoms with Crippen LogP contribution in [0.15, 0.2) is 29.2 Å². The molecule has 5 nitrogen and oxygen atoms in total. The lowest BCUT2D eigenvalue weighted by Gasteiger charge is -2.19. The molecule has 0 saturated carbocycles. The maximum Gasteiger partial charge on any atom is 0.243 e. The van der Waals surface area contributed by atoms with Gasteiger partial charge in [0.15, 0.2) is 0 Å². The third kappa shape index (κ3) is 3.67. The molecule has 0 radical (unpaired) electrons. The van der Waals surface area contributed by atoms with Crippen molar-refractivity contribution in [1.82, 2.24) is 9.62 Å². The maximum atomic E-state index is 12.4. The second kappa shape index (κ2) is 6.87. The molecule has 2 rings (SSSR count). The molecule has 1 fully saturated rings. The van der Waals surface area contributed by atoms with Gasteiger partial charge in [0.1, 0.15) is 0 Å². The summed E-state index contributed by atoms with van der Waals surface area (Å²) in [5, 5.41) is 12.0. The Bertz CT molecular complexity index is 561. The molecule has 0 bridgehead atoms. The summed E-state index contributed by atoms with van der Waals surface area (Å²) in [6.45, 7) is 2.49. The highest BCUT2D eigenvalue weighted by molar-refractivity contribution is 7.89. The van der Waals surface area contributed by atoms with Crippen molar-refractivity contribution < 1.29 is 8.42 Å². The van der Waals surface area contributed by atoms with Crippen LogP contribution in [0.5, 0.6) is 0 Å². The van der Waals surface area contributed by atoms with Gasteiger partial charge in [-0.25, -0.2) is 8.42 Å². The summed E-state index contributed by atoms with van der Waals surface area (Å²) in [6, 6.07) is 8.12. The van der Waals surface area contributed by atoms with Crippen LogP contribution in [0.4, 0.5) is 0 Å². The first kappa shape index (κ1) is 15.9. The van der Waals surface area contributed by atoms with Crippen molar-refractivity contribution in [1.29, 1.82) is 5.26 Å². The molecule has 0 unspecified atom stereocenters. The zero-order chi connectivity index (χ0) is 13.0. The van der Waals surface area contributed by atoms with Gasteiger partial charge >= 0.3 is 0 Å². The molecule has 1 aliphatic heterocycles. The van der Waals surface area contributed by atoms with Crippen molar-refractivity contribution in [3.63, 3.8) is 0 Å². The number of rotatable bonds is 2. The molecule has 1 aromatic carbocycles. The summed E-state index contributed by atoms with van der Waals surface area (Å²) in [4.78, 5) is 0.198. The van der Waals surface area contributed by atoms with E-state index in [4.69, 9.17) is 5.26 Å². The van der Waals surface area contributed by atoms with Crippen LogP contribution in [0, 0.1) is 11.3 Å². The lowest BCUT2D eigenvalue weighted by molar-refractivity contribution is 0.432. The third-order valence-corrected chi connectivity index (χ3v) is 4.79. The molecule has 1 heterocycles. The molecule has 1 N–H and O–H groups in total. The van der Waals surface area contributed by atoms with Crippen LogP contribution in [0.3, 0.4) is 0 Å². The Labute approximate surface area is 119 Å². The minimum atomic E-state index is -3.48. The lowest BCUT2D eigenvalue weighted by atomic mass is 10.2. The minimum Gasteiger partial charge on any atom is -0.315 e. The zero-order valence-electron chi connectivity index (χ0n) is 10.4. The van der Waals surface area contributed by atoms with E-state index in [2.05, 4.69) is 5.32 Å². The van der Waals surface area contributed by atoms with Crippen molar-refractivity contribution in [3.05, 3.63) is 29.8 Å². The lowest BCUT2D eigenvalue weighted by Crippen LogP contribution is -2.34. The van der Waals surface area contributed by atoms with Gasteiger partial charge in [-0.15, -0.1) is 12.4 Å². The predicted octanol–water partition coefficient (Wildman–Crippen LogP) is 0.964. The van der Waals surface area contributed by atoms with Crippen LogP contribution in [-0.4, -0.2) is 38.9 Å². The van der Waals surface area contributed by atoms with E-state index in [1.165, 1.54) is 16.4 Å². The number of hydrogen-bond donors (Lipinski definition) is 1. The van der Waals surface area contributed by atoms with E-state index in [0.717, 1.165) is 13.0 Å². The maximum absolute atomic E-state index is 12.4. The van der Waals surface area contributed by atoms with Crippen LogP contribution in [-0.2, 0) is 10.0 Å². The van der Waals surface area contributed by atoms with Gasteiger partial charge < -0.3 is 5.32 Å². The Morgan fingerprint density at radius 1 is 1.26 bits per heavy atom. The Balaban J connectivity index is 0.00000180. The molecule has 0 aromatic heterocycles.